The summed E-state index contributed by atoms with van der Waals surface area (Å²) in [7, 11) is 0. The van der Waals surface area contributed by atoms with Gasteiger partial charge in [0.15, 0.2) is 0 Å². The molecule has 0 fully saturated rings. The fourth-order valence-corrected chi connectivity index (χ4v) is 2.56. The number of carbonyl (C=O) groups excluding carboxylic acids is 1. The average Bonchev–Trinajstić information content (AvgIpc) is 2.98. The van der Waals surface area contributed by atoms with Gasteiger partial charge in [0.1, 0.15) is 30.5 Å². The van der Waals surface area contributed by atoms with Crippen LogP contribution in [0.25, 0.3) is 0 Å². The zero-order valence-corrected chi connectivity index (χ0v) is 15.2. The van der Waals surface area contributed by atoms with E-state index in [2.05, 4.69) is 5.16 Å². The summed E-state index contributed by atoms with van der Waals surface area (Å²) in [5.74, 6) is 0.618. The summed E-state index contributed by atoms with van der Waals surface area (Å²) in [6.45, 7) is 4.00. The molecule has 0 spiro atoms. The molecule has 3 aromatic rings. The number of esters is 1. The lowest BCUT2D eigenvalue weighted by Gasteiger charge is -2.08. The SMILES string of the molecule is Cc1noc(C)c1COc1ccc(CC(=O)OCc2ccccc2F)cc1. The Labute approximate surface area is 156 Å². The van der Waals surface area contributed by atoms with E-state index < -0.39 is 5.97 Å². The van der Waals surface area contributed by atoms with Crippen LogP contribution in [-0.4, -0.2) is 11.1 Å². The van der Waals surface area contributed by atoms with Gasteiger partial charge in [-0.1, -0.05) is 35.5 Å². The van der Waals surface area contributed by atoms with Crippen LogP contribution in [0.2, 0.25) is 0 Å². The highest BCUT2D eigenvalue weighted by molar-refractivity contribution is 5.72. The van der Waals surface area contributed by atoms with Gasteiger partial charge in [-0.2, -0.15) is 0 Å². The highest BCUT2D eigenvalue weighted by Gasteiger charge is 2.10. The number of aromatic nitrogens is 1. The standard InChI is InChI=1S/C21H20FNO4/c1-14-19(15(2)27-23-14)13-25-18-9-7-16(8-10-18)11-21(24)26-12-17-5-3-4-6-20(17)22/h3-10H,11-13H2,1-2H3. The summed E-state index contributed by atoms with van der Waals surface area (Å²) in [6, 6.07) is 13.4. The maximum absolute atomic E-state index is 13.5. The first-order valence-electron chi connectivity index (χ1n) is 8.55. The molecule has 0 aliphatic carbocycles. The van der Waals surface area contributed by atoms with Gasteiger partial charge in [0.05, 0.1) is 17.7 Å². The molecule has 0 atom stereocenters. The number of halogens is 1. The van der Waals surface area contributed by atoms with Crippen LogP contribution in [0.4, 0.5) is 4.39 Å². The van der Waals surface area contributed by atoms with E-state index in [0.29, 0.717) is 17.9 Å². The molecule has 0 saturated heterocycles. The van der Waals surface area contributed by atoms with Crippen LogP contribution in [-0.2, 0) is 29.2 Å². The summed E-state index contributed by atoms with van der Waals surface area (Å²) < 4.78 is 29.5. The first kappa shape index (κ1) is 18.6. The van der Waals surface area contributed by atoms with E-state index in [1.807, 2.05) is 13.8 Å². The molecule has 0 N–H and O–H groups in total. The highest BCUT2D eigenvalue weighted by Crippen LogP contribution is 2.18. The van der Waals surface area contributed by atoms with Crippen molar-refractivity contribution < 1.29 is 23.2 Å². The van der Waals surface area contributed by atoms with Gasteiger partial charge >= 0.3 is 5.97 Å². The minimum Gasteiger partial charge on any atom is -0.489 e. The minimum absolute atomic E-state index is 0.0792. The molecule has 0 bridgehead atoms. The van der Waals surface area contributed by atoms with Crippen LogP contribution in [0.15, 0.2) is 53.1 Å². The summed E-state index contributed by atoms with van der Waals surface area (Å²) in [5, 5.41) is 3.89. The van der Waals surface area contributed by atoms with Gasteiger partial charge in [-0.05, 0) is 37.6 Å². The molecular weight excluding hydrogens is 349 g/mol. The number of hydrogen-bond donors (Lipinski definition) is 0. The van der Waals surface area contributed by atoms with E-state index in [4.69, 9.17) is 14.0 Å². The monoisotopic (exact) mass is 369 g/mol. The van der Waals surface area contributed by atoms with Crippen molar-refractivity contribution in [3.05, 3.63) is 82.5 Å². The fourth-order valence-electron chi connectivity index (χ4n) is 2.56. The van der Waals surface area contributed by atoms with Crippen LogP contribution in [0, 0.1) is 19.7 Å². The second-order valence-corrected chi connectivity index (χ2v) is 6.16. The van der Waals surface area contributed by atoms with Gasteiger partial charge < -0.3 is 14.0 Å². The molecule has 1 aromatic heterocycles. The molecular formula is C21H20FNO4. The lowest BCUT2D eigenvalue weighted by molar-refractivity contribution is -0.144. The van der Waals surface area contributed by atoms with Gasteiger partial charge in [-0.25, -0.2) is 4.39 Å². The minimum atomic E-state index is -0.414. The number of hydrogen-bond acceptors (Lipinski definition) is 5. The maximum atomic E-state index is 13.5. The molecule has 3 rings (SSSR count). The predicted octanol–water partition coefficient (Wildman–Crippen LogP) is 4.30. The predicted molar refractivity (Wildman–Crippen MR) is 96.7 cm³/mol. The van der Waals surface area contributed by atoms with Crippen LogP contribution in [0.1, 0.15) is 28.1 Å². The van der Waals surface area contributed by atoms with Crippen LogP contribution in [0.3, 0.4) is 0 Å². The highest BCUT2D eigenvalue weighted by atomic mass is 19.1. The number of carbonyl (C=O) groups is 1. The number of nitrogens with zero attached hydrogens (tertiary/aromatic N) is 1. The van der Waals surface area contributed by atoms with Crippen LogP contribution >= 0.6 is 0 Å². The smallest absolute Gasteiger partial charge is 0.310 e. The van der Waals surface area contributed by atoms with Crippen LogP contribution in [0.5, 0.6) is 5.75 Å². The summed E-state index contributed by atoms with van der Waals surface area (Å²) in [6.07, 6.45) is 0.110. The molecule has 27 heavy (non-hydrogen) atoms. The maximum Gasteiger partial charge on any atom is 0.310 e. The van der Waals surface area contributed by atoms with Crippen molar-refractivity contribution >= 4 is 5.97 Å². The van der Waals surface area contributed by atoms with Gasteiger partial charge in [-0.15, -0.1) is 0 Å². The topological polar surface area (TPSA) is 61.6 Å². The van der Waals surface area contributed by atoms with Gasteiger partial charge in [0.25, 0.3) is 0 Å². The third-order valence-corrected chi connectivity index (χ3v) is 4.18. The van der Waals surface area contributed by atoms with E-state index >= 15 is 0 Å². The molecule has 1 heterocycles. The molecule has 0 amide bonds. The Morgan fingerprint density at radius 3 is 2.48 bits per heavy atom. The number of benzene rings is 2. The van der Waals surface area contributed by atoms with Crippen molar-refractivity contribution in [2.75, 3.05) is 0 Å². The zero-order valence-electron chi connectivity index (χ0n) is 15.2. The van der Waals surface area contributed by atoms with E-state index in [1.54, 1.807) is 42.5 Å². The molecule has 5 nitrogen and oxygen atoms in total. The second kappa shape index (κ2) is 8.49. The lowest BCUT2D eigenvalue weighted by Crippen LogP contribution is -2.08. The van der Waals surface area contributed by atoms with Crippen molar-refractivity contribution in [2.24, 2.45) is 0 Å². The number of rotatable bonds is 7. The van der Waals surface area contributed by atoms with Crippen molar-refractivity contribution in [1.82, 2.24) is 5.16 Å². The average molecular weight is 369 g/mol. The Morgan fingerprint density at radius 2 is 1.81 bits per heavy atom. The molecule has 0 aliphatic heterocycles. The molecule has 140 valence electrons. The second-order valence-electron chi connectivity index (χ2n) is 6.16. The summed E-state index contributed by atoms with van der Waals surface area (Å²) in [5.41, 5.74) is 2.88. The van der Waals surface area contributed by atoms with E-state index in [1.165, 1.54) is 6.07 Å². The number of aryl methyl sites for hydroxylation is 2. The molecule has 0 saturated carbocycles. The normalized spacial score (nSPS) is 10.6. The molecule has 6 heteroatoms. The van der Waals surface area contributed by atoms with Crippen LogP contribution < -0.4 is 4.74 Å². The Morgan fingerprint density at radius 1 is 1.07 bits per heavy atom. The van der Waals surface area contributed by atoms with Crippen molar-refractivity contribution in [1.29, 1.82) is 0 Å². The largest absolute Gasteiger partial charge is 0.489 e. The number of ether oxygens (including phenoxy) is 2. The third-order valence-electron chi connectivity index (χ3n) is 4.18. The van der Waals surface area contributed by atoms with Gasteiger partial charge in [0.2, 0.25) is 0 Å². The van der Waals surface area contributed by atoms with E-state index in [0.717, 1.165) is 22.6 Å². The van der Waals surface area contributed by atoms with Crippen molar-refractivity contribution in [2.45, 2.75) is 33.5 Å². The van der Waals surface area contributed by atoms with Crippen molar-refractivity contribution in [3.8, 4) is 5.75 Å². The van der Waals surface area contributed by atoms with Gasteiger partial charge in [0, 0.05) is 5.56 Å². The van der Waals surface area contributed by atoms with E-state index in [9.17, 15) is 9.18 Å². The first-order valence-corrected chi connectivity index (χ1v) is 8.55. The first-order chi connectivity index (χ1) is 13.0. The Balaban J connectivity index is 1.50. The van der Waals surface area contributed by atoms with Crippen molar-refractivity contribution in [3.63, 3.8) is 0 Å². The fraction of sp³-hybridized carbons (Fsp3) is 0.238. The molecule has 0 radical (unpaired) electrons. The molecule has 0 unspecified atom stereocenters. The Kier molecular flexibility index (Phi) is 5.86. The zero-order chi connectivity index (χ0) is 19.2. The van der Waals surface area contributed by atoms with Gasteiger partial charge in [-0.3, -0.25) is 4.79 Å². The van der Waals surface area contributed by atoms with E-state index in [-0.39, 0.29) is 18.8 Å². The third kappa shape index (κ3) is 4.94. The molecule has 2 aromatic carbocycles. The lowest BCUT2D eigenvalue weighted by atomic mass is 10.1. The Hall–Kier alpha value is -3.15. The quantitative estimate of drug-likeness (QED) is 0.581. The summed E-state index contributed by atoms with van der Waals surface area (Å²) in [4.78, 5) is 11.9. The summed E-state index contributed by atoms with van der Waals surface area (Å²) >= 11 is 0. The Bertz CT molecular complexity index is 899. The molecule has 0 aliphatic rings.